The van der Waals surface area contributed by atoms with Gasteiger partial charge in [-0.3, -0.25) is 4.79 Å². The summed E-state index contributed by atoms with van der Waals surface area (Å²) in [6.45, 7) is 8.16. The van der Waals surface area contributed by atoms with Crippen LogP contribution < -0.4 is 17.0 Å². The predicted molar refractivity (Wildman–Crippen MR) is 126 cm³/mol. The molecule has 0 amide bonds. The SMILES string of the molecule is COC(=O)CCCCCCCCCC[N+]1=C(C)C(C)(C)c2c1ccc1ccccc21.[Br-]. The Balaban J connectivity index is 0.00000341. The Morgan fingerprint density at radius 2 is 1.52 bits per heavy atom. The number of benzene rings is 2. The van der Waals surface area contributed by atoms with E-state index in [9.17, 15) is 4.79 Å². The molecule has 0 unspecified atom stereocenters. The number of rotatable bonds is 11. The molecule has 0 radical (unpaired) electrons. The van der Waals surface area contributed by atoms with Crippen molar-refractivity contribution in [1.82, 2.24) is 0 Å². The Morgan fingerprint density at radius 3 is 2.19 bits per heavy atom. The lowest BCUT2D eigenvalue weighted by Gasteiger charge is -2.17. The number of ether oxygens (including phenoxy) is 1. The van der Waals surface area contributed by atoms with Gasteiger partial charge in [0, 0.05) is 31.4 Å². The molecule has 0 atom stereocenters. The first-order valence-corrected chi connectivity index (χ1v) is 11.7. The summed E-state index contributed by atoms with van der Waals surface area (Å²) in [6.07, 6.45) is 10.3. The van der Waals surface area contributed by atoms with Crippen LogP contribution in [0.5, 0.6) is 0 Å². The van der Waals surface area contributed by atoms with E-state index in [0.29, 0.717) is 6.42 Å². The minimum Gasteiger partial charge on any atom is -1.00 e. The molecule has 0 aliphatic carbocycles. The third-order valence-corrected chi connectivity index (χ3v) is 6.87. The van der Waals surface area contributed by atoms with Crippen LogP contribution in [0.3, 0.4) is 0 Å². The third kappa shape index (κ3) is 5.97. The molecule has 2 aromatic carbocycles. The highest BCUT2D eigenvalue weighted by atomic mass is 79.9. The maximum Gasteiger partial charge on any atom is 0.305 e. The van der Waals surface area contributed by atoms with Crippen molar-refractivity contribution >= 4 is 28.1 Å². The molecule has 4 heteroatoms. The van der Waals surface area contributed by atoms with E-state index in [1.807, 2.05) is 0 Å². The number of esters is 1. The fourth-order valence-corrected chi connectivity index (χ4v) is 4.83. The highest BCUT2D eigenvalue weighted by Gasteiger charge is 2.43. The number of hydrogen-bond acceptors (Lipinski definition) is 2. The lowest BCUT2D eigenvalue weighted by Crippen LogP contribution is -3.00. The van der Waals surface area contributed by atoms with Gasteiger partial charge in [0.15, 0.2) is 5.71 Å². The minimum atomic E-state index is -0.0817. The zero-order valence-corrected chi connectivity index (χ0v) is 21.3. The molecule has 0 bridgehead atoms. The van der Waals surface area contributed by atoms with Gasteiger partial charge in [0.2, 0.25) is 5.69 Å². The van der Waals surface area contributed by atoms with Crippen molar-refractivity contribution in [2.75, 3.05) is 13.7 Å². The van der Waals surface area contributed by atoms with Gasteiger partial charge in [0.05, 0.1) is 12.5 Å². The summed E-state index contributed by atoms with van der Waals surface area (Å²) in [6, 6.07) is 13.4. The van der Waals surface area contributed by atoms with E-state index in [2.05, 4.69) is 66.5 Å². The van der Waals surface area contributed by atoms with Crippen molar-refractivity contribution in [3.05, 3.63) is 42.0 Å². The molecule has 3 rings (SSSR count). The maximum absolute atomic E-state index is 11.1. The standard InChI is InChI=1S/C27H38NO2.BrH/c1-21-27(2,3)26-23-16-13-12-15-22(23)18-19-24(26)28(21)20-14-10-8-6-5-7-9-11-17-25(29)30-4;/h12-13,15-16,18-19H,5-11,14,17,20H2,1-4H3;1H/q+1;/p-1. The number of carbonyl (C=O) groups excluding carboxylic acids is 1. The Bertz CT molecular complexity index is 917. The largest absolute Gasteiger partial charge is 1.00 e. The zero-order chi connectivity index (χ0) is 21.6. The number of halogens is 1. The number of carbonyl (C=O) groups is 1. The van der Waals surface area contributed by atoms with Crippen molar-refractivity contribution < 1.29 is 31.1 Å². The van der Waals surface area contributed by atoms with Crippen LogP contribution in [0, 0.1) is 0 Å². The van der Waals surface area contributed by atoms with E-state index in [1.54, 1.807) is 0 Å². The Kier molecular flexibility index (Phi) is 9.74. The molecule has 170 valence electrons. The average Bonchev–Trinajstić information content (AvgIpc) is 2.95. The van der Waals surface area contributed by atoms with E-state index in [0.717, 1.165) is 19.4 Å². The van der Waals surface area contributed by atoms with Crippen molar-refractivity contribution in [2.45, 2.75) is 84.0 Å². The summed E-state index contributed by atoms with van der Waals surface area (Å²) in [5, 5.41) is 2.74. The summed E-state index contributed by atoms with van der Waals surface area (Å²) in [5.41, 5.74) is 4.45. The van der Waals surface area contributed by atoms with E-state index in [4.69, 9.17) is 0 Å². The summed E-state index contributed by atoms with van der Waals surface area (Å²) in [4.78, 5) is 11.1. The number of hydrogen-bond donors (Lipinski definition) is 0. The van der Waals surface area contributed by atoms with Crippen LogP contribution in [0.15, 0.2) is 36.4 Å². The predicted octanol–water partition coefficient (Wildman–Crippen LogP) is 3.92. The van der Waals surface area contributed by atoms with Crippen molar-refractivity contribution in [2.24, 2.45) is 0 Å². The third-order valence-electron chi connectivity index (χ3n) is 6.87. The number of unbranched alkanes of at least 4 members (excludes halogenated alkanes) is 7. The molecule has 31 heavy (non-hydrogen) atoms. The molecule has 0 saturated carbocycles. The molecular weight excluding hydrogens is 450 g/mol. The molecule has 0 N–H and O–H groups in total. The van der Waals surface area contributed by atoms with Gasteiger partial charge in [-0.05, 0) is 43.5 Å². The minimum absolute atomic E-state index is 0. The second-order valence-electron chi connectivity index (χ2n) is 9.20. The van der Waals surface area contributed by atoms with Crippen LogP contribution >= 0.6 is 0 Å². The van der Waals surface area contributed by atoms with Gasteiger partial charge < -0.3 is 21.7 Å². The zero-order valence-electron chi connectivity index (χ0n) is 19.7. The van der Waals surface area contributed by atoms with Crippen LogP contribution in [0.1, 0.15) is 84.1 Å². The molecule has 0 fully saturated rings. The molecule has 1 aliphatic rings. The van der Waals surface area contributed by atoms with Gasteiger partial charge in [-0.25, -0.2) is 0 Å². The summed E-state index contributed by atoms with van der Waals surface area (Å²) in [5.74, 6) is -0.0817. The molecule has 1 heterocycles. The van der Waals surface area contributed by atoms with Gasteiger partial charge in [-0.1, -0.05) is 56.4 Å². The molecule has 3 nitrogen and oxygen atoms in total. The van der Waals surface area contributed by atoms with E-state index < -0.39 is 0 Å². The first kappa shape index (κ1) is 25.6. The quantitative estimate of drug-likeness (QED) is 0.273. The second-order valence-corrected chi connectivity index (χ2v) is 9.20. The smallest absolute Gasteiger partial charge is 0.305 e. The Hall–Kier alpha value is -1.68. The monoisotopic (exact) mass is 487 g/mol. The second kappa shape index (κ2) is 11.8. The van der Waals surface area contributed by atoms with Gasteiger partial charge in [-0.2, -0.15) is 4.58 Å². The first-order valence-electron chi connectivity index (χ1n) is 11.7. The summed E-state index contributed by atoms with van der Waals surface area (Å²) >= 11 is 0. The lowest BCUT2D eigenvalue weighted by atomic mass is 9.80. The topological polar surface area (TPSA) is 29.3 Å². The molecule has 2 aromatic rings. The van der Waals surface area contributed by atoms with Crippen LogP contribution in [0.4, 0.5) is 5.69 Å². The van der Waals surface area contributed by atoms with Gasteiger partial charge in [0.1, 0.15) is 6.54 Å². The molecule has 0 aromatic heterocycles. The lowest BCUT2D eigenvalue weighted by molar-refractivity contribution is -0.439. The van der Waals surface area contributed by atoms with Crippen LogP contribution in [-0.2, 0) is 14.9 Å². The van der Waals surface area contributed by atoms with Crippen molar-refractivity contribution in [3.63, 3.8) is 0 Å². The van der Waals surface area contributed by atoms with Crippen LogP contribution in [0.25, 0.3) is 10.8 Å². The highest BCUT2D eigenvalue weighted by molar-refractivity contribution is 6.01. The molecule has 0 saturated heterocycles. The van der Waals surface area contributed by atoms with E-state index in [1.165, 1.54) is 73.4 Å². The molecule has 1 aliphatic heterocycles. The average molecular weight is 489 g/mol. The highest BCUT2D eigenvalue weighted by Crippen LogP contribution is 2.43. The number of nitrogens with zero attached hydrogens (tertiary/aromatic N) is 1. The Morgan fingerprint density at radius 1 is 0.903 bits per heavy atom. The van der Waals surface area contributed by atoms with Crippen LogP contribution in [0.2, 0.25) is 0 Å². The van der Waals surface area contributed by atoms with Gasteiger partial charge in [0.25, 0.3) is 0 Å². The van der Waals surface area contributed by atoms with Gasteiger partial charge in [-0.15, -0.1) is 0 Å². The molecule has 0 spiro atoms. The summed E-state index contributed by atoms with van der Waals surface area (Å²) in [7, 11) is 1.46. The number of fused-ring (bicyclic) bond motifs is 3. The normalized spacial score (nSPS) is 14.5. The van der Waals surface area contributed by atoms with Crippen molar-refractivity contribution in [1.29, 1.82) is 0 Å². The molecular formula is C27H38BrNO2. The fourth-order valence-electron chi connectivity index (χ4n) is 4.83. The maximum atomic E-state index is 11.1. The van der Waals surface area contributed by atoms with E-state index >= 15 is 0 Å². The van der Waals surface area contributed by atoms with Crippen LogP contribution in [-0.4, -0.2) is 29.9 Å². The number of methoxy groups -OCH3 is 1. The Labute approximate surface area is 198 Å². The first-order chi connectivity index (χ1) is 14.5. The van der Waals surface area contributed by atoms with E-state index in [-0.39, 0.29) is 28.4 Å². The summed E-state index contributed by atoms with van der Waals surface area (Å²) < 4.78 is 7.25. The van der Waals surface area contributed by atoms with Crippen molar-refractivity contribution in [3.8, 4) is 0 Å². The van der Waals surface area contributed by atoms with Gasteiger partial charge >= 0.3 is 5.97 Å². The fraction of sp³-hybridized carbons (Fsp3) is 0.556.